The van der Waals surface area contributed by atoms with Gasteiger partial charge in [0.1, 0.15) is 6.26 Å². The number of carbonyl (C=O) groups excluding carboxylic acids is 2. The van der Waals surface area contributed by atoms with Gasteiger partial charge in [-0.2, -0.15) is 4.98 Å². The minimum absolute atomic E-state index is 0.0126. The van der Waals surface area contributed by atoms with Crippen LogP contribution >= 0.6 is 0 Å². The number of hydrogen-bond acceptors (Lipinski definition) is 5. The van der Waals surface area contributed by atoms with Crippen LogP contribution in [-0.4, -0.2) is 28.0 Å². The SMILES string of the molecule is Cc1coc(NC(=O)NC(=O)CC(C)CC(=O)O)n1. The number of oxazole rings is 1. The van der Waals surface area contributed by atoms with Crippen LogP contribution in [0.2, 0.25) is 0 Å². The molecule has 3 N–H and O–H groups in total. The molecule has 0 aromatic carbocycles. The lowest BCUT2D eigenvalue weighted by atomic mass is 10.0. The molecule has 1 rings (SSSR count). The minimum Gasteiger partial charge on any atom is -0.481 e. The normalized spacial score (nSPS) is 11.7. The molecule has 104 valence electrons. The second-order valence-electron chi connectivity index (χ2n) is 4.20. The highest BCUT2D eigenvalue weighted by molar-refractivity contribution is 6.00. The van der Waals surface area contributed by atoms with Gasteiger partial charge in [0.15, 0.2) is 0 Å². The first-order chi connectivity index (χ1) is 8.86. The lowest BCUT2D eigenvalue weighted by Crippen LogP contribution is -2.35. The number of nitrogens with one attached hydrogen (secondary N) is 2. The van der Waals surface area contributed by atoms with Crippen molar-refractivity contribution in [3.63, 3.8) is 0 Å². The summed E-state index contributed by atoms with van der Waals surface area (Å²) in [6, 6.07) is -0.782. The van der Waals surface area contributed by atoms with Crippen LogP contribution in [0.25, 0.3) is 0 Å². The molecule has 19 heavy (non-hydrogen) atoms. The van der Waals surface area contributed by atoms with E-state index in [9.17, 15) is 14.4 Å². The second-order valence-corrected chi connectivity index (χ2v) is 4.20. The number of amides is 3. The van der Waals surface area contributed by atoms with Crippen molar-refractivity contribution in [2.24, 2.45) is 5.92 Å². The third-order valence-corrected chi connectivity index (χ3v) is 2.15. The van der Waals surface area contributed by atoms with E-state index in [1.807, 2.05) is 0 Å². The Kier molecular flexibility index (Phi) is 5.04. The number of rotatable bonds is 5. The Morgan fingerprint density at radius 3 is 2.63 bits per heavy atom. The van der Waals surface area contributed by atoms with Crippen molar-refractivity contribution in [2.75, 3.05) is 5.32 Å². The molecule has 0 saturated carbocycles. The average Bonchev–Trinajstić information content (AvgIpc) is 2.61. The van der Waals surface area contributed by atoms with Gasteiger partial charge in [0.25, 0.3) is 0 Å². The van der Waals surface area contributed by atoms with Gasteiger partial charge < -0.3 is 9.52 Å². The summed E-state index contributed by atoms with van der Waals surface area (Å²) < 4.78 is 4.88. The summed E-state index contributed by atoms with van der Waals surface area (Å²) in [6.45, 7) is 3.30. The second kappa shape index (κ2) is 6.53. The molecule has 0 aliphatic rings. The maximum atomic E-state index is 11.4. The fourth-order valence-corrected chi connectivity index (χ4v) is 1.40. The first-order valence-corrected chi connectivity index (χ1v) is 5.61. The van der Waals surface area contributed by atoms with Crippen molar-refractivity contribution in [2.45, 2.75) is 26.7 Å². The summed E-state index contributed by atoms with van der Waals surface area (Å²) in [5.74, 6) is -1.90. The Hall–Kier alpha value is -2.38. The Morgan fingerprint density at radius 2 is 2.11 bits per heavy atom. The van der Waals surface area contributed by atoms with Crippen LogP contribution in [0.5, 0.6) is 0 Å². The Morgan fingerprint density at radius 1 is 1.42 bits per heavy atom. The highest BCUT2D eigenvalue weighted by atomic mass is 16.4. The van der Waals surface area contributed by atoms with Crippen molar-refractivity contribution in [1.29, 1.82) is 0 Å². The molecule has 1 aromatic rings. The van der Waals surface area contributed by atoms with Crippen LogP contribution < -0.4 is 10.6 Å². The molecule has 8 nitrogen and oxygen atoms in total. The molecule has 1 unspecified atom stereocenters. The fourth-order valence-electron chi connectivity index (χ4n) is 1.40. The Bertz CT molecular complexity index is 482. The van der Waals surface area contributed by atoms with Gasteiger partial charge >= 0.3 is 18.0 Å². The number of hydrogen-bond donors (Lipinski definition) is 3. The molecular weight excluding hydrogens is 254 g/mol. The Balaban J connectivity index is 2.35. The lowest BCUT2D eigenvalue weighted by molar-refractivity contribution is -0.138. The molecule has 0 fully saturated rings. The zero-order chi connectivity index (χ0) is 14.4. The molecule has 0 aliphatic heterocycles. The van der Waals surface area contributed by atoms with E-state index in [2.05, 4.69) is 15.6 Å². The number of nitrogens with zero attached hydrogens (tertiary/aromatic N) is 1. The van der Waals surface area contributed by atoms with Crippen LogP contribution in [0, 0.1) is 12.8 Å². The monoisotopic (exact) mass is 269 g/mol. The van der Waals surface area contributed by atoms with E-state index in [0.717, 1.165) is 0 Å². The third-order valence-electron chi connectivity index (χ3n) is 2.15. The van der Waals surface area contributed by atoms with E-state index >= 15 is 0 Å². The van der Waals surface area contributed by atoms with E-state index in [0.29, 0.717) is 5.69 Å². The topological polar surface area (TPSA) is 122 Å². The van der Waals surface area contributed by atoms with Crippen molar-refractivity contribution in [3.05, 3.63) is 12.0 Å². The van der Waals surface area contributed by atoms with Crippen molar-refractivity contribution in [1.82, 2.24) is 10.3 Å². The molecule has 0 bridgehead atoms. The van der Waals surface area contributed by atoms with Gasteiger partial charge in [-0.3, -0.25) is 20.2 Å². The van der Waals surface area contributed by atoms with Crippen LogP contribution in [0.3, 0.4) is 0 Å². The predicted octanol–water partition coefficient (Wildman–Crippen LogP) is 1.13. The van der Waals surface area contributed by atoms with Gasteiger partial charge in [-0.25, -0.2) is 4.79 Å². The lowest BCUT2D eigenvalue weighted by Gasteiger charge is -2.08. The van der Waals surface area contributed by atoms with Gasteiger partial charge in [0, 0.05) is 12.8 Å². The number of aliphatic carboxylic acids is 1. The smallest absolute Gasteiger partial charge is 0.329 e. The van der Waals surface area contributed by atoms with Crippen LogP contribution in [0.4, 0.5) is 10.8 Å². The van der Waals surface area contributed by atoms with Gasteiger partial charge in [0.2, 0.25) is 5.91 Å². The molecule has 1 heterocycles. The maximum absolute atomic E-state index is 11.4. The molecule has 1 aromatic heterocycles. The van der Waals surface area contributed by atoms with Crippen LogP contribution in [0.15, 0.2) is 10.7 Å². The minimum atomic E-state index is -0.986. The van der Waals surface area contributed by atoms with Gasteiger partial charge in [-0.05, 0) is 12.8 Å². The van der Waals surface area contributed by atoms with Gasteiger partial charge in [-0.1, -0.05) is 6.92 Å². The number of urea groups is 1. The number of aromatic nitrogens is 1. The zero-order valence-corrected chi connectivity index (χ0v) is 10.6. The molecule has 3 amide bonds. The highest BCUT2D eigenvalue weighted by Gasteiger charge is 2.15. The summed E-state index contributed by atoms with van der Waals surface area (Å²) in [4.78, 5) is 37.1. The van der Waals surface area contributed by atoms with E-state index < -0.39 is 17.9 Å². The largest absolute Gasteiger partial charge is 0.481 e. The number of imide groups is 1. The summed E-state index contributed by atoms with van der Waals surface area (Å²) in [6.07, 6.45) is 1.17. The molecule has 1 atom stereocenters. The fraction of sp³-hybridized carbons (Fsp3) is 0.455. The standard InChI is InChI=1S/C11H15N3O5/c1-6(4-9(16)17)3-8(15)13-10(18)14-11-12-7(2)5-19-11/h5-6H,3-4H2,1-2H3,(H,16,17)(H2,12,13,14,15,18). The van der Waals surface area contributed by atoms with Gasteiger partial charge in [0.05, 0.1) is 5.69 Å². The molecular formula is C11H15N3O5. The molecule has 0 radical (unpaired) electrons. The van der Waals surface area contributed by atoms with E-state index in [-0.39, 0.29) is 24.8 Å². The number of anilines is 1. The van der Waals surface area contributed by atoms with E-state index in [4.69, 9.17) is 9.52 Å². The Labute approximate surface area is 109 Å². The van der Waals surface area contributed by atoms with E-state index in [1.165, 1.54) is 6.26 Å². The molecule has 0 aliphatic carbocycles. The number of aryl methyl sites for hydroxylation is 1. The summed E-state index contributed by atoms with van der Waals surface area (Å²) in [5.41, 5.74) is 0.594. The third kappa shape index (κ3) is 5.66. The highest BCUT2D eigenvalue weighted by Crippen LogP contribution is 2.08. The number of carboxylic acids is 1. The van der Waals surface area contributed by atoms with Crippen molar-refractivity contribution >= 4 is 23.9 Å². The summed E-state index contributed by atoms with van der Waals surface area (Å²) in [5, 5.41) is 12.8. The maximum Gasteiger partial charge on any atom is 0.329 e. The quantitative estimate of drug-likeness (QED) is 0.736. The first-order valence-electron chi connectivity index (χ1n) is 5.61. The van der Waals surface area contributed by atoms with Crippen LogP contribution in [-0.2, 0) is 9.59 Å². The number of carboxylic acid groups (broad SMARTS) is 1. The predicted molar refractivity (Wildman–Crippen MR) is 64.4 cm³/mol. The summed E-state index contributed by atoms with van der Waals surface area (Å²) >= 11 is 0. The van der Waals surface area contributed by atoms with Crippen LogP contribution in [0.1, 0.15) is 25.5 Å². The first kappa shape index (κ1) is 14.7. The van der Waals surface area contributed by atoms with Crippen molar-refractivity contribution < 1.29 is 23.9 Å². The van der Waals surface area contributed by atoms with E-state index in [1.54, 1.807) is 13.8 Å². The molecule has 8 heteroatoms. The molecule has 0 saturated heterocycles. The average molecular weight is 269 g/mol. The summed E-state index contributed by atoms with van der Waals surface area (Å²) in [7, 11) is 0. The zero-order valence-electron chi connectivity index (χ0n) is 10.6. The number of carbonyl (C=O) groups is 3. The molecule has 0 spiro atoms. The van der Waals surface area contributed by atoms with Gasteiger partial charge in [-0.15, -0.1) is 0 Å². The van der Waals surface area contributed by atoms with Crippen molar-refractivity contribution in [3.8, 4) is 0 Å².